The monoisotopic (exact) mass is 366 g/mol. The molecule has 0 bridgehead atoms. The quantitative estimate of drug-likeness (QED) is 0.704. The molecular weight excluding hydrogens is 344 g/mol. The van der Waals surface area contributed by atoms with Crippen LogP contribution in [0, 0.1) is 13.8 Å². The van der Waals surface area contributed by atoms with Crippen LogP contribution in [0.3, 0.4) is 0 Å². The standard InChI is InChI=1S/C20H22N4O3/c1-13-17(22-19(26-13)15-7-4-3-5-8-15)11-18(25)24-10-6-9-16(12-24)20-21-14(2)23-27-20/h3-5,7-8,16H,6,9-12H2,1-2H3/t16-/m1/s1. The van der Waals surface area contributed by atoms with Crippen molar-refractivity contribution in [3.05, 3.63) is 53.5 Å². The highest BCUT2D eigenvalue weighted by Gasteiger charge is 2.29. The average molecular weight is 366 g/mol. The minimum absolute atomic E-state index is 0.0481. The molecule has 2 aromatic heterocycles. The highest BCUT2D eigenvalue weighted by atomic mass is 16.5. The van der Waals surface area contributed by atoms with Gasteiger partial charge >= 0.3 is 0 Å². The molecule has 7 heteroatoms. The molecule has 0 N–H and O–H groups in total. The number of amides is 1. The summed E-state index contributed by atoms with van der Waals surface area (Å²) in [6.45, 7) is 4.99. The highest BCUT2D eigenvalue weighted by molar-refractivity contribution is 5.79. The second-order valence-electron chi connectivity index (χ2n) is 6.92. The van der Waals surface area contributed by atoms with Gasteiger partial charge in [-0.3, -0.25) is 4.79 Å². The molecule has 0 radical (unpaired) electrons. The Bertz CT molecular complexity index is 932. The van der Waals surface area contributed by atoms with E-state index < -0.39 is 0 Å². The molecule has 1 aliphatic heterocycles. The molecule has 4 rings (SSSR count). The van der Waals surface area contributed by atoms with Crippen molar-refractivity contribution >= 4 is 5.91 Å². The summed E-state index contributed by atoms with van der Waals surface area (Å²) in [6, 6.07) is 9.71. The zero-order valence-corrected chi connectivity index (χ0v) is 15.5. The smallest absolute Gasteiger partial charge is 0.231 e. The van der Waals surface area contributed by atoms with Gasteiger partial charge in [0.25, 0.3) is 0 Å². The second-order valence-corrected chi connectivity index (χ2v) is 6.92. The van der Waals surface area contributed by atoms with E-state index in [9.17, 15) is 4.79 Å². The SMILES string of the molecule is Cc1noc([C@@H]2CCCN(C(=O)Cc3nc(-c4ccccc4)oc3C)C2)n1. The highest BCUT2D eigenvalue weighted by Crippen LogP contribution is 2.27. The van der Waals surface area contributed by atoms with E-state index in [-0.39, 0.29) is 18.2 Å². The predicted molar refractivity (Wildman–Crippen MR) is 98.0 cm³/mol. The van der Waals surface area contributed by atoms with Gasteiger partial charge in [0, 0.05) is 18.7 Å². The van der Waals surface area contributed by atoms with Gasteiger partial charge in [-0.05, 0) is 38.8 Å². The Labute approximate surface area is 157 Å². The summed E-state index contributed by atoms with van der Waals surface area (Å²) in [7, 11) is 0. The number of benzene rings is 1. The van der Waals surface area contributed by atoms with Crippen molar-refractivity contribution in [2.75, 3.05) is 13.1 Å². The third-order valence-corrected chi connectivity index (χ3v) is 4.90. The van der Waals surface area contributed by atoms with Crippen molar-refractivity contribution in [1.29, 1.82) is 0 Å². The lowest BCUT2D eigenvalue weighted by atomic mass is 9.97. The number of aromatic nitrogens is 3. The van der Waals surface area contributed by atoms with Gasteiger partial charge in [0.2, 0.25) is 17.7 Å². The van der Waals surface area contributed by atoms with Crippen molar-refractivity contribution in [3.8, 4) is 11.5 Å². The van der Waals surface area contributed by atoms with E-state index in [2.05, 4.69) is 15.1 Å². The number of oxazole rings is 1. The van der Waals surface area contributed by atoms with E-state index >= 15 is 0 Å². The molecule has 1 saturated heterocycles. The molecule has 1 aliphatic rings. The number of likely N-dealkylation sites (tertiary alicyclic amines) is 1. The third kappa shape index (κ3) is 3.77. The summed E-state index contributed by atoms with van der Waals surface area (Å²) < 4.78 is 11.1. The van der Waals surface area contributed by atoms with Gasteiger partial charge in [-0.25, -0.2) is 4.98 Å². The van der Waals surface area contributed by atoms with Crippen LogP contribution in [0.15, 0.2) is 39.3 Å². The molecule has 0 spiro atoms. The molecule has 140 valence electrons. The van der Waals surface area contributed by atoms with Gasteiger partial charge in [0.1, 0.15) is 5.76 Å². The maximum Gasteiger partial charge on any atom is 0.231 e. The number of aryl methyl sites for hydroxylation is 2. The fourth-order valence-corrected chi connectivity index (χ4v) is 3.44. The van der Waals surface area contributed by atoms with Gasteiger partial charge in [0.05, 0.1) is 18.0 Å². The number of rotatable bonds is 4. The Morgan fingerprint density at radius 3 is 2.78 bits per heavy atom. The summed E-state index contributed by atoms with van der Waals surface area (Å²) in [4.78, 5) is 23.6. The van der Waals surface area contributed by atoms with Crippen LogP contribution in [0.4, 0.5) is 0 Å². The molecule has 0 aliphatic carbocycles. The van der Waals surface area contributed by atoms with Gasteiger partial charge in [-0.15, -0.1) is 0 Å². The molecule has 1 aromatic carbocycles. The molecule has 0 saturated carbocycles. The van der Waals surface area contributed by atoms with Gasteiger partial charge in [-0.2, -0.15) is 4.98 Å². The van der Waals surface area contributed by atoms with E-state index in [1.807, 2.05) is 42.2 Å². The van der Waals surface area contributed by atoms with E-state index in [4.69, 9.17) is 8.94 Å². The minimum Gasteiger partial charge on any atom is -0.441 e. The lowest BCUT2D eigenvalue weighted by Crippen LogP contribution is -2.40. The fraction of sp³-hybridized carbons (Fsp3) is 0.400. The van der Waals surface area contributed by atoms with E-state index in [1.54, 1.807) is 6.92 Å². The van der Waals surface area contributed by atoms with Crippen LogP contribution in [0.2, 0.25) is 0 Å². The van der Waals surface area contributed by atoms with Crippen molar-refractivity contribution in [3.63, 3.8) is 0 Å². The molecule has 0 unspecified atom stereocenters. The third-order valence-electron chi connectivity index (χ3n) is 4.90. The first-order valence-electron chi connectivity index (χ1n) is 9.20. The summed E-state index contributed by atoms with van der Waals surface area (Å²) in [5.41, 5.74) is 1.60. The number of carbonyl (C=O) groups is 1. The fourth-order valence-electron chi connectivity index (χ4n) is 3.44. The Balaban J connectivity index is 1.45. The first-order valence-corrected chi connectivity index (χ1v) is 9.20. The first kappa shape index (κ1) is 17.5. The van der Waals surface area contributed by atoms with Crippen LogP contribution in [0.5, 0.6) is 0 Å². The summed E-state index contributed by atoms with van der Waals surface area (Å²) in [5, 5.41) is 3.86. The molecule has 1 atom stereocenters. The van der Waals surface area contributed by atoms with Crippen molar-refractivity contribution in [1.82, 2.24) is 20.0 Å². The maximum atomic E-state index is 12.8. The number of hydrogen-bond acceptors (Lipinski definition) is 6. The first-order chi connectivity index (χ1) is 13.1. The largest absolute Gasteiger partial charge is 0.441 e. The lowest BCUT2D eigenvalue weighted by Gasteiger charge is -2.31. The molecule has 3 heterocycles. The number of piperidine rings is 1. The second kappa shape index (κ2) is 7.34. The van der Waals surface area contributed by atoms with E-state index in [0.29, 0.717) is 35.6 Å². The number of carbonyl (C=O) groups excluding carboxylic acids is 1. The Morgan fingerprint density at radius 2 is 2.04 bits per heavy atom. The van der Waals surface area contributed by atoms with Gasteiger partial charge in [0.15, 0.2) is 5.82 Å². The van der Waals surface area contributed by atoms with E-state index in [0.717, 1.165) is 24.9 Å². The van der Waals surface area contributed by atoms with Crippen LogP contribution in [0.25, 0.3) is 11.5 Å². The molecule has 7 nitrogen and oxygen atoms in total. The predicted octanol–water partition coefficient (Wildman–Crippen LogP) is 3.29. The maximum absolute atomic E-state index is 12.8. The molecule has 1 amide bonds. The van der Waals surface area contributed by atoms with Crippen LogP contribution in [-0.2, 0) is 11.2 Å². The minimum atomic E-state index is 0.0481. The molecule has 1 fully saturated rings. The normalized spacial score (nSPS) is 17.3. The van der Waals surface area contributed by atoms with Crippen molar-refractivity contribution in [2.24, 2.45) is 0 Å². The molecule has 3 aromatic rings. The zero-order chi connectivity index (χ0) is 18.8. The topological polar surface area (TPSA) is 85.3 Å². The Morgan fingerprint density at radius 1 is 1.22 bits per heavy atom. The Kier molecular flexibility index (Phi) is 4.75. The van der Waals surface area contributed by atoms with E-state index in [1.165, 1.54) is 0 Å². The Hall–Kier alpha value is -2.96. The number of nitrogens with zero attached hydrogens (tertiary/aromatic N) is 4. The van der Waals surface area contributed by atoms with Crippen molar-refractivity contribution < 1.29 is 13.7 Å². The summed E-state index contributed by atoms with van der Waals surface area (Å²) >= 11 is 0. The summed E-state index contributed by atoms with van der Waals surface area (Å²) in [6.07, 6.45) is 2.11. The van der Waals surface area contributed by atoms with Gasteiger partial charge < -0.3 is 13.8 Å². The van der Waals surface area contributed by atoms with Crippen LogP contribution in [0.1, 0.15) is 41.9 Å². The average Bonchev–Trinajstić information content (AvgIpc) is 3.29. The van der Waals surface area contributed by atoms with Crippen LogP contribution >= 0.6 is 0 Å². The molecule has 27 heavy (non-hydrogen) atoms. The number of hydrogen-bond donors (Lipinski definition) is 0. The molecular formula is C20H22N4O3. The van der Waals surface area contributed by atoms with Crippen LogP contribution in [-0.4, -0.2) is 39.0 Å². The van der Waals surface area contributed by atoms with Gasteiger partial charge in [-0.1, -0.05) is 23.4 Å². The van der Waals surface area contributed by atoms with Crippen LogP contribution < -0.4 is 0 Å². The zero-order valence-electron chi connectivity index (χ0n) is 15.5. The summed E-state index contributed by atoms with van der Waals surface area (Å²) in [5.74, 6) is 2.63. The van der Waals surface area contributed by atoms with Crippen molar-refractivity contribution in [2.45, 2.75) is 39.0 Å². The lowest BCUT2D eigenvalue weighted by molar-refractivity contribution is -0.131.